The van der Waals surface area contributed by atoms with Crippen molar-refractivity contribution in [3.05, 3.63) is 12.2 Å². The number of nitrogens with one attached hydrogen (secondary N) is 1. The molecule has 2 heterocycles. The van der Waals surface area contributed by atoms with Gasteiger partial charge < -0.3 is 65.1 Å². The molecule has 1 amide bonds. The molecular formula is C60H115NO13. The molecule has 2 saturated heterocycles. The van der Waals surface area contributed by atoms with Crippen molar-refractivity contribution in [3.63, 3.8) is 0 Å². The smallest absolute Gasteiger partial charge is 0.220 e. The Balaban J connectivity index is 1.74. The lowest BCUT2D eigenvalue weighted by Crippen LogP contribution is -2.65. The van der Waals surface area contributed by atoms with Gasteiger partial charge in [0.2, 0.25) is 5.91 Å². The van der Waals surface area contributed by atoms with E-state index in [-0.39, 0.29) is 12.5 Å². The topological polar surface area (TPSA) is 228 Å². The minimum Gasteiger partial charge on any atom is -0.394 e. The summed E-state index contributed by atoms with van der Waals surface area (Å²) in [6.07, 6.45) is 36.3. The van der Waals surface area contributed by atoms with Gasteiger partial charge in [-0.1, -0.05) is 238 Å². The lowest BCUT2D eigenvalue weighted by atomic mass is 9.97. The van der Waals surface area contributed by atoms with E-state index in [0.29, 0.717) is 12.8 Å². The van der Waals surface area contributed by atoms with Gasteiger partial charge in [0.1, 0.15) is 48.8 Å². The van der Waals surface area contributed by atoms with Crippen LogP contribution in [0.1, 0.15) is 271 Å². The largest absolute Gasteiger partial charge is 0.394 e. The first-order valence-electron chi connectivity index (χ1n) is 30.9. The van der Waals surface area contributed by atoms with Gasteiger partial charge in [0.05, 0.1) is 32.0 Å². The van der Waals surface area contributed by atoms with E-state index in [2.05, 4.69) is 31.3 Å². The van der Waals surface area contributed by atoms with E-state index in [9.17, 15) is 45.6 Å². The molecule has 438 valence electrons. The van der Waals surface area contributed by atoms with Crippen LogP contribution in [0.25, 0.3) is 0 Å². The van der Waals surface area contributed by atoms with Crippen LogP contribution < -0.4 is 5.32 Å². The average molecular weight is 1060 g/mol. The number of amides is 1. The first-order valence-corrected chi connectivity index (χ1v) is 30.9. The molecule has 2 fully saturated rings. The van der Waals surface area contributed by atoms with Crippen LogP contribution in [0.4, 0.5) is 0 Å². The zero-order valence-corrected chi connectivity index (χ0v) is 47.1. The monoisotopic (exact) mass is 1060 g/mol. The third-order valence-corrected chi connectivity index (χ3v) is 15.5. The third kappa shape index (κ3) is 32.0. The molecule has 2 aliphatic rings. The van der Waals surface area contributed by atoms with Crippen LogP contribution in [-0.2, 0) is 23.7 Å². The summed E-state index contributed by atoms with van der Waals surface area (Å²) in [7, 11) is 0. The number of rotatable bonds is 50. The Bertz CT molecular complexity index is 1290. The van der Waals surface area contributed by atoms with Crippen LogP contribution in [0.3, 0.4) is 0 Å². The van der Waals surface area contributed by atoms with Crippen LogP contribution in [0, 0.1) is 0 Å². The van der Waals surface area contributed by atoms with Crippen molar-refractivity contribution in [2.75, 3.05) is 19.8 Å². The van der Waals surface area contributed by atoms with Crippen molar-refractivity contribution in [2.24, 2.45) is 0 Å². The summed E-state index contributed by atoms with van der Waals surface area (Å²) < 4.78 is 22.9. The van der Waals surface area contributed by atoms with Gasteiger partial charge in [-0.25, -0.2) is 0 Å². The fourth-order valence-electron chi connectivity index (χ4n) is 10.5. The van der Waals surface area contributed by atoms with Gasteiger partial charge in [0, 0.05) is 6.42 Å². The fraction of sp³-hybridized carbons (Fsp3) is 0.950. The van der Waals surface area contributed by atoms with Gasteiger partial charge in [0.25, 0.3) is 0 Å². The molecule has 12 unspecified atom stereocenters. The van der Waals surface area contributed by atoms with Gasteiger partial charge in [-0.15, -0.1) is 0 Å². The number of aliphatic hydroxyl groups is 8. The number of carbonyl (C=O) groups is 1. The standard InChI is InChI=1S/C60H115NO13/c1-3-5-7-9-11-13-15-17-19-21-23-24-26-27-29-31-33-35-37-39-41-43-49(64)48(61-52(65)44-42-40-38-36-34-32-30-28-25-22-20-18-16-14-12-10-8-6-4-2)47-71-59-57(70)55(68)58(51(46-63)73-59)74-60-56(69)54(67)53(66)50(45-62)72-60/h18,20,48-51,53-60,62-64,66-70H,3-17,19,21-47H2,1-2H3,(H,61,65)/b20-18-. The molecule has 0 aromatic rings. The molecule has 14 nitrogen and oxygen atoms in total. The van der Waals surface area contributed by atoms with Gasteiger partial charge in [0.15, 0.2) is 12.6 Å². The van der Waals surface area contributed by atoms with E-state index < -0.39 is 86.8 Å². The molecule has 0 saturated carbocycles. The quantitative estimate of drug-likeness (QED) is 0.0204. The van der Waals surface area contributed by atoms with E-state index in [1.165, 1.54) is 193 Å². The predicted molar refractivity (Wildman–Crippen MR) is 295 cm³/mol. The van der Waals surface area contributed by atoms with Crippen molar-refractivity contribution in [1.82, 2.24) is 5.32 Å². The van der Waals surface area contributed by atoms with Crippen LogP contribution in [0.2, 0.25) is 0 Å². The van der Waals surface area contributed by atoms with Gasteiger partial charge in [-0.2, -0.15) is 0 Å². The Hall–Kier alpha value is -1.27. The second-order valence-electron chi connectivity index (χ2n) is 22.2. The lowest BCUT2D eigenvalue weighted by Gasteiger charge is -2.46. The lowest BCUT2D eigenvalue weighted by molar-refractivity contribution is -0.359. The molecule has 0 radical (unpaired) electrons. The van der Waals surface area contributed by atoms with Crippen molar-refractivity contribution < 1.29 is 64.6 Å². The first kappa shape index (κ1) is 68.8. The minimum absolute atomic E-state index is 0.205. The molecule has 2 rings (SSSR count). The molecule has 12 atom stereocenters. The summed E-state index contributed by atoms with van der Waals surface area (Å²) in [6.45, 7) is 2.89. The SMILES string of the molecule is CCCCCCCC/C=C\CCCCCCCCCCCC(=O)NC(COC1OC(CO)C(OC2OC(CO)C(O)C(O)C2O)C(O)C1O)C(O)CCCCCCCCCCCCCCCCCCCCCCC. The minimum atomic E-state index is -1.78. The Morgan fingerprint density at radius 2 is 0.851 bits per heavy atom. The summed E-state index contributed by atoms with van der Waals surface area (Å²) in [4.78, 5) is 13.3. The average Bonchev–Trinajstić information content (AvgIpc) is 3.40. The molecule has 9 N–H and O–H groups in total. The number of hydrogen-bond acceptors (Lipinski definition) is 13. The van der Waals surface area contributed by atoms with Crippen molar-refractivity contribution in [1.29, 1.82) is 0 Å². The Kier molecular flexibility index (Phi) is 43.4. The Labute approximate surface area is 450 Å². The molecule has 0 aliphatic carbocycles. The van der Waals surface area contributed by atoms with Crippen LogP contribution >= 0.6 is 0 Å². The molecule has 0 bridgehead atoms. The van der Waals surface area contributed by atoms with Crippen LogP contribution in [-0.4, -0.2) is 140 Å². The van der Waals surface area contributed by atoms with E-state index >= 15 is 0 Å². The fourth-order valence-corrected chi connectivity index (χ4v) is 10.5. The molecule has 74 heavy (non-hydrogen) atoms. The summed E-state index contributed by atoms with van der Waals surface area (Å²) in [6, 6.07) is -0.827. The number of ether oxygens (including phenoxy) is 4. The molecule has 0 aromatic heterocycles. The first-order chi connectivity index (χ1) is 36.1. The van der Waals surface area contributed by atoms with E-state index in [1.807, 2.05) is 0 Å². The van der Waals surface area contributed by atoms with Gasteiger partial charge >= 0.3 is 0 Å². The predicted octanol–water partition coefficient (Wildman–Crippen LogP) is 10.7. The number of carbonyl (C=O) groups excluding carboxylic acids is 1. The summed E-state index contributed by atoms with van der Waals surface area (Å²) in [5.74, 6) is -0.205. The third-order valence-electron chi connectivity index (χ3n) is 15.5. The second-order valence-corrected chi connectivity index (χ2v) is 22.2. The maximum absolute atomic E-state index is 13.3. The normalized spacial score (nSPS) is 25.2. The number of hydrogen-bond donors (Lipinski definition) is 9. The highest BCUT2D eigenvalue weighted by molar-refractivity contribution is 5.76. The molecule has 14 heteroatoms. The van der Waals surface area contributed by atoms with Crippen LogP contribution in [0.5, 0.6) is 0 Å². The highest BCUT2D eigenvalue weighted by Crippen LogP contribution is 2.30. The number of aliphatic hydroxyl groups excluding tert-OH is 8. The van der Waals surface area contributed by atoms with Gasteiger partial charge in [-0.05, 0) is 38.5 Å². The zero-order chi connectivity index (χ0) is 53.9. The van der Waals surface area contributed by atoms with E-state index in [0.717, 1.165) is 51.4 Å². The molecule has 2 aliphatic heterocycles. The summed E-state index contributed by atoms with van der Waals surface area (Å²) >= 11 is 0. The van der Waals surface area contributed by atoms with Crippen molar-refractivity contribution in [2.45, 2.75) is 344 Å². The van der Waals surface area contributed by atoms with E-state index in [1.54, 1.807) is 0 Å². The van der Waals surface area contributed by atoms with Crippen molar-refractivity contribution in [3.8, 4) is 0 Å². The van der Waals surface area contributed by atoms with Crippen LogP contribution in [0.15, 0.2) is 12.2 Å². The van der Waals surface area contributed by atoms with Gasteiger partial charge in [-0.3, -0.25) is 4.79 Å². The molecule has 0 spiro atoms. The highest BCUT2D eigenvalue weighted by atomic mass is 16.7. The zero-order valence-electron chi connectivity index (χ0n) is 47.1. The maximum Gasteiger partial charge on any atom is 0.220 e. The second kappa shape index (κ2) is 46.6. The Morgan fingerprint density at radius 1 is 0.473 bits per heavy atom. The molecular weight excluding hydrogens is 943 g/mol. The molecule has 0 aromatic carbocycles. The Morgan fingerprint density at radius 3 is 1.28 bits per heavy atom. The number of unbranched alkanes of at least 4 members (excludes halogenated alkanes) is 35. The summed E-state index contributed by atoms with van der Waals surface area (Å²) in [5, 5.41) is 87.3. The summed E-state index contributed by atoms with van der Waals surface area (Å²) in [5.41, 5.74) is 0. The number of allylic oxidation sites excluding steroid dienone is 2. The van der Waals surface area contributed by atoms with E-state index in [4.69, 9.17) is 18.9 Å². The maximum atomic E-state index is 13.3. The highest BCUT2D eigenvalue weighted by Gasteiger charge is 2.51. The van der Waals surface area contributed by atoms with Crippen molar-refractivity contribution >= 4 is 5.91 Å².